The van der Waals surface area contributed by atoms with Gasteiger partial charge in [-0.3, -0.25) is 14.7 Å². The highest BCUT2D eigenvalue weighted by atomic mass is 16.6. The van der Waals surface area contributed by atoms with Gasteiger partial charge in [0.05, 0.1) is 11.0 Å². The number of hydrogen-bond acceptors (Lipinski definition) is 4. The third-order valence-corrected chi connectivity index (χ3v) is 2.97. The van der Waals surface area contributed by atoms with E-state index in [9.17, 15) is 15.2 Å². The number of hydrogen-bond donors (Lipinski definition) is 1. The minimum atomic E-state index is -0.735. The molecule has 100 valence electrons. The minimum absolute atomic E-state index is 0.0360. The smallest absolute Gasteiger partial charge is 0.293 e. The normalized spacial score (nSPS) is 12.4. The molecule has 0 aliphatic heterocycles. The van der Waals surface area contributed by atoms with Crippen LogP contribution in [0.3, 0.4) is 0 Å². The van der Waals surface area contributed by atoms with E-state index in [0.717, 1.165) is 5.82 Å². The second-order valence-electron chi connectivity index (χ2n) is 4.25. The zero-order valence-electron chi connectivity index (χ0n) is 10.8. The molecule has 1 heterocycles. The Morgan fingerprint density at radius 3 is 2.84 bits per heavy atom. The minimum Gasteiger partial charge on any atom is -0.389 e. The fourth-order valence-corrected chi connectivity index (χ4v) is 1.97. The van der Waals surface area contributed by atoms with E-state index in [1.165, 1.54) is 6.07 Å². The Morgan fingerprint density at radius 2 is 2.26 bits per heavy atom. The highest BCUT2D eigenvalue weighted by molar-refractivity contribution is 5.55. The molecule has 0 spiro atoms. The van der Waals surface area contributed by atoms with Crippen LogP contribution in [-0.4, -0.2) is 19.6 Å². The molecule has 0 amide bonds. The van der Waals surface area contributed by atoms with Gasteiger partial charge in [0.2, 0.25) is 0 Å². The van der Waals surface area contributed by atoms with Gasteiger partial charge >= 0.3 is 0 Å². The second-order valence-corrected chi connectivity index (χ2v) is 4.25. The van der Waals surface area contributed by atoms with E-state index < -0.39 is 11.0 Å². The fraction of sp³-hybridized carbons (Fsp3) is 0.308. The van der Waals surface area contributed by atoms with Gasteiger partial charge in [0.1, 0.15) is 11.5 Å². The number of aromatic nitrogens is 2. The number of aryl methyl sites for hydroxylation is 1. The van der Waals surface area contributed by atoms with E-state index in [2.05, 4.69) is 4.98 Å². The molecular weight excluding hydrogens is 246 g/mol. The van der Waals surface area contributed by atoms with Crippen LogP contribution >= 0.6 is 0 Å². The molecule has 0 aliphatic rings. The Bertz CT molecular complexity index is 605. The lowest BCUT2D eigenvalue weighted by molar-refractivity contribution is -0.384. The van der Waals surface area contributed by atoms with Crippen LogP contribution in [0.4, 0.5) is 5.69 Å². The first-order valence-corrected chi connectivity index (χ1v) is 6.03. The molecule has 0 saturated heterocycles. The summed E-state index contributed by atoms with van der Waals surface area (Å²) in [6.07, 6.45) is 3.26. The highest BCUT2D eigenvalue weighted by Crippen LogP contribution is 2.27. The van der Waals surface area contributed by atoms with Gasteiger partial charge in [0.15, 0.2) is 0 Å². The van der Waals surface area contributed by atoms with E-state index in [1.54, 1.807) is 36.0 Å². The predicted octanol–water partition coefficient (Wildman–Crippen LogP) is 2.40. The summed E-state index contributed by atoms with van der Waals surface area (Å²) in [5, 5.41) is 20.7. The van der Waals surface area contributed by atoms with E-state index in [-0.39, 0.29) is 5.69 Å². The third kappa shape index (κ3) is 2.48. The molecule has 6 heteroatoms. The Labute approximate surface area is 110 Å². The van der Waals surface area contributed by atoms with E-state index in [1.807, 2.05) is 6.92 Å². The highest BCUT2D eigenvalue weighted by Gasteiger charge is 2.19. The maximum atomic E-state index is 11.2. The molecule has 1 atom stereocenters. The van der Waals surface area contributed by atoms with Crippen LogP contribution < -0.4 is 0 Å². The van der Waals surface area contributed by atoms with Gasteiger partial charge in [0, 0.05) is 24.9 Å². The Hall–Kier alpha value is -2.21. The predicted molar refractivity (Wildman–Crippen MR) is 70.2 cm³/mol. The lowest BCUT2D eigenvalue weighted by Gasteiger charge is -2.10. The molecule has 1 aromatic carbocycles. The molecule has 1 aromatic heterocycles. The van der Waals surface area contributed by atoms with Crippen molar-refractivity contribution >= 4 is 5.69 Å². The van der Waals surface area contributed by atoms with Crippen LogP contribution in [0.1, 0.15) is 31.3 Å². The molecule has 0 aliphatic carbocycles. The Kier molecular flexibility index (Phi) is 3.62. The first kappa shape index (κ1) is 13.2. The maximum absolute atomic E-state index is 11.2. The number of nitro benzene ring substituents is 1. The van der Waals surface area contributed by atoms with Gasteiger partial charge in [-0.25, -0.2) is 4.98 Å². The van der Waals surface area contributed by atoms with Crippen molar-refractivity contribution in [1.82, 2.24) is 9.55 Å². The van der Waals surface area contributed by atoms with Gasteiger partial charge in [-0.05, 0) is 18.6 Å². The van der Waals surface area contributed by atoms with Crippen molar-refractivity contribution in [2.75, 3.05) is 0 Å². The van der Waals surface area contributed by atoms with Crippen LogP contribution in [0.5, 0.6) is 0 Å². The van der Waals surface area contributed by atoms with Crippen LogP contribution in [-0.2, 0) is 6.42 Å². The van der Waals surface area contributed by atoms with Crippen LogP contribution in [0, 0.1) is 10.1 Å². The molecular formula is C13H15N3O3. The van der Waals surface area contributed by atoms with Crippen molar-refractivity contribution in [1.29, 1.82) is 0 Å². The molecule has 19 heavy (non-hydrogen) atoms. The number of nitrogens with zero attached hydrogens (tertiary/aromatic N) is 3. The van der Waals surface area contributed by atoms with E-state index in [0.29, 0.717) is 17.7 Å². The summed E-state index contributed by atoms with van der Waals surface area (Å²) in [5.74, 6) is 0.757. The van der Waals surface area contributed by atoms with E-state index in [4.69, 9.17) is 0 Å². The summed E-state index contributed by atoms with van der Waals surface area (Å²) in [6.45, 7) is 3.52. The van der Waals surface area contributed by atoms with E-state index >= 15 is 0 Å². The number of nitro groups is 1. The van der Waals surface area contributed by atoms with Gasteiger partial charge in [0.25, 0.3) is 5.69 Å². The molecule has 0 bridgehead atoms. The molecule has 2 aromatic rings. The summed E-state index contributed by atoms with van der Waals surface area (Å²) in [4.78, 5) is 14.9. The quantitative estimate of drug-likeness (QED) is 0.676. The van der Waals surface area contributed by atoms with Crippen molar-refractivity contribution in [3.63, 3.8) is 0 Å². The zero-order chi connectivity index (χ0) is 14.0. The fourth-order valence-electron chi connectivity index (χ4n) is 1.97. The SMILES string of the molecule is CCc1nccn1-c1ccc(C(C)O)cc1[N+](=O)[O-]. The number of imidazole rings is 1. The van der Waals surface area contributed by atoms with Gasteiger partial charge in [-0.15, -0.1) is 0 Å². The maximum Gasteiger partial charge on any atom is 0.293 e. The molecule has 0 saturated carbocycles. The van der Waals surface area contributed by atoms with Gasteiger partial charge in [-0.2, -0.15) is 0 Å². The third-order valence-electron chi connectivity index (χ3n) is 2.97. The molecule has 0 radical (unpaired) electrons. The monoisotopic (exact) mass is 261 g/mol. The van der Waals surface area contributed by atoms with Crippen molar-refractivity contribution in [3.8, 4) is 5.69 Å². The summed E-state index contributed by atoms with van der Waals surface area (Å²) in [6, 6.07) is 4.73. The summed E-state index contributed by atoms with van der Waals surface area (Å²) >= 11 is 0. The van der Waals surface area contributed by atoms with Crippen molar-refractivity contribution in [2.24, 2.45) is 0 Å². The lowest BCUT2D eigenvalue weighted by atomic mass is 10.1. The summed E-state index contributed by atoms with van der Waals surface area (Å²) in [7, 11) is 0. The van der Waals surface area contributed by atoms with Gasteiger partial charge < -0.3 is 5.11 Å². The first-order chi connectivity index (χ1) is 9.04. The van der Waals surface area contributed by atoms with Crippen molar-refractivity contribution in [3.05, 3.63) is 52.1 Å². The number of aliphatic hydroxyl groups excluding tert-OH is 1. The van der Waals surface area contributed by atoms with Crippen LogP contribution in [0.2, 0.25) is 0 Å². The number of benzene rings is 1. The standard InChI is InChI=1S/C13H15N3O3/c1-3-13-14-6-7-15(13)11-5-4-10(9(2)17)8-12(11)16(18)19/h4-9,17H,3H2,1-2H3. The number of aliphatic hydroxyl groups is 1. The molecule has 0 fully saturated rings. The molecule has 1 unspecified atom stereocenters. The van der Waals surface area contributed by atoms with Crippen molar-refractivity contribution in [2.45, 2.75) is 26.4 Å². The zero-order valence-corrected chi connectivity index (χ0v) is 10.8. The topological polar surface area (TPSA) is 81.2 Å². The van der Waals surface area contributed by atoms with Gasteiger partial charge in [-0.1, -0.05) is 13.0 Å². The lowest BCUT2D eigenvalue weighted by Crippen LogP contribution is -2.04. The summed E-state index contributed by atoms with van der Waals surface area (Å²) in [5.41, 5.74) is 0.948. The molecule has 2 rings (SSSR count). The van der Waals surface area contributed by atoms with Crippen LogP contribution in [0.15, 0.2) is 30.6 Å². The average Bonchev–Trinajstić information content (AvgIpc) is 2.85. The van der Waals surface area contributed by atoms with Crippen molar-refractivity contribution < 1.29 is 10.0 Å². The molecule has 6 nitrogen and oxygen atoms in total. The van der Waals surface area contributed by atoms with Crippen LogP contribution in [0.25, 0.3) is 5.69 Å². The largest absolute Gasteiger partial charge is 0.389 e. The first-order valence-electron chi connectivity index (χ1n) is 6.03. The Balaban J connectivity index is 2.60. The molecule has 1 N–H and O–H groups in total. The summed E-state index contributed by atoms with van der Waals surface area (Å²) < 4.78 is 1.70. The average molecular weight is 261 g/mol. The Morgan fingerprint density at radius 1 is 1.53 bits per heavy atom. The second kappa shape index (κ2) is 5.19. The number of rotatable bonds is 4.